The molecule has 0 aliphatic carbocycles. The maximum atomic E-state index is 12.2. The number of carbonyl (C=O) groups excluding carboxylic acids is 4. The Morgan fingerprint density at radius 2 is 1.86 bits per heavy atom. The molecule has 1 fully saturated rings. The number of nitrogens with one attached hydrogen (secondary N) is 2. The number of phosphoric acid groups is 1. The first-order chi connectivity index (χ1) is 13.5. The van der Waals surface area contributed by atoms with Gasteiger partial charge in [-0.3, -0.25) is 28.2 Å². The summed E-state index contributed by atoms with van der Waals surface area (Å²) in [5.41, 5.74) is -0.805. The fourth-order valence-electron chi connectivity index (χ4n) is 2.25. The molecule has 0 aromatic heterocycles. The molecule has 166 valence electrons. The second kappa shape index (κ2) is 11.7. The maximum absolute atomic E-state index is 12.2. The van der Waals surface area contributed by atoms with Crippen LogP contribution in [-0.2, 0) is 37.5 Å². The fraction of sp³-hybridized carbons (Fsp3) is 0.750. The lowest BCUT2D eigenvalue weighted by molar-refractivity contribution is -0.141. The molecule has 0 spiro atoms. The highest BCUT2D eigenvalue weighted by atomic mass is 32.2. The quantitative estimate of drug-likeness (QED) is 0.239. The zero-order valence-electron chi connectivity index (χ0n) is 16.6. The summed E-state index contributed by atoms with van der Waals surface area (Å²) < 4.78 is 25.5. The molecule has 0 bridgehead atoms. The lowest BCUT2D eigenvalue weighted by Gasteiger charge is -2.38. The molecular weight excluding hydrogens is 427 g/mol. The molecule has 2 atom stereocenters. The summed E-state index contributed by atoms with van der Waals surface area (Å²) in [6.07, 6.45) is -1.09. The van der Waals surface area contributed by atoms with Crippen molar-refractivity contribution in [3.05, 3.63) is 0 Å². The van der Waals surface area contributed by atoms with Crippen molar-refractivity contribution in [2.45, 2.75) is 39.2 Å². The van der Waals surface area contributed by atoms with Crippen molar-refractivity contribution < 1.29 is 42.4 Å². The van der Waals surface area contributed by atoms with Crippen LogP contribution in [0.15, 0.2) is 0 Å². The summed E-state index contributed by atoms with van der Waals surface area (Å²) in [4.78, 5) is 55.9. The van der Waals surface area contributed by atoms with Gasteiger partial charge in [0.2, 0.25) is 11.8 Å². The van der Waals surface area contributed by atoms with Gasteiger partial charge < -0.3 is 20.3 Å². The van der Waals surface area contributed by atoms with Gasteiger partial charge in [-0.15, -0.1) is 0 Å². The Hall–Kier alpha value is -1.46. The van der Waals surface area contributed by atoms with Crippen molar-refractivity contribution in [3.63, 3.8) is 0 Å². The number of carbonyl (C=O) groups is 4. The van der Waals surface area contributed by atoms with Gasteiger partial charge in [-0.05, 0) is 0 Å². The summed E-state index contributed by atoms with van der Waals surface area (Å²) >= 11 is 1.01. The van der Waals surface area contributed by atoms with Gasteiger partial charge in [0.05, 0.1) is 20.1 Å². The Labute approximate surface area is 173 Å². The predicted octanol–water partition coefficient (Wildman–Crippen LogP) is 0.364. The largest absolute Gasteiger partial charge is 0.472 e. The van der Waals surface area contributed by atoms with E-state index in [9.17, 15) is 28.6 Å². The third-order valence-electron chi connectivity index (χ3n) is 3.89. The lowest BCUT2D eigenvalue weighted by Crippen LogP contribution is -2.49. The summed E-state index contributed by atoms with van der Waals surface area (Å²) in [5, 5.41) is 4.94. The van der Waals surface area contributed by atoms with Crippen molar-refractivity contribution in [1.82, 2.24) is 10.6 Å². The van der Waals surface area contributed by atoms with Gasteiger partial charge in [-0.25, -0.2) is 4.57 Å². The second-order valence-electron chi connectivity index (χ2n) is 6.90. The highest BCUT2D eigenvalue weighted by Crippen LogP contribution is 2.52. The average Bonchev–Trinajstić information content (AvgIpc) is 2.65. The summed E-state index contributed by atoms with van der Waals surface area (Å²) in [7, 11) is -3.01. The molecule has 11 nitrogen and oxygen atoms in total. The van der Waals surface area contributed by atoms with Gasteiger partial charge >= 0.3 is 13.8 Å². The molecule has 0 saturated carbocycles. The molecule has 1 rings (SSSR count). The lowest BCUT2D eigenvalue weighted by atomic mass is 9.87. The number of methoxy groups -OCH3 is 1. The molecular formula is C16H27N2O9PS. The molecule has 13 heteroatoms. The standard InChI is InChI=1S/C16H27N2O9PS/c1-16(2)10-26-28(23,24)27-14(16)15(22)18-7-6-11(19)17-8-9-29-13(21)5-4-12(20)25-3/h14H,4-10H2,1-3H3,(H,17,19)(H,18,22)(H,23,24)/t14-/m0/s1. The highest BCUT2D eigenvalue weighted by molar-refractivity contribution is 8.13. The molecule has 0 radical (unpaired) electrons. The minimum absolute atomic E-state index is 0.00682. The molecule has 29 heavy (non-hydrogen) atoms. The van der Waals surface area contributed by atoms with E-state index >= 15 is 0 Å². The van der Waals surface area contributed by atoms with E-state index in [1.54, 1.807) is 13.8 Å². The van der Waals surface area contributed by atoms with Gasteiger partial charge in [0.1, 0.15) is 0 Å². The zero-order chi connectivity index (χ0) is 22.1. The van der Waals surface area contributed by atoms with Crippen LogP contribution in [0.25, 0.3) is 0 Å². The maximum Gasteiger partial charge on any atom is 0.472 e. The van der Waals surface area contributed by atoms with Crippen molar-refractivity contribution in [2.24, 2.45) is 5.41 Å². The van der Waals surface area contributed by atoms with Crippen LogP contribution in [0.2, 0.25) is 0 Å². The van der Waals surface area contributed by atoms with Gasteiger partial charge in [0, 0.05) is 37.1 Å². The SMILES string of the molecule is COC(=O)CCC(=O)SCCNC(=O)CCNC(=O)[C@@H]1OP(=O)(O)OCC1(C)C. The monoisotopic (exact) mass is 454 g/mol. The van der Waals surface area contributed by atoms with Crippen molar-refractivity contribution in [3.8, 4) is 0 Å². The summed E-state index contributed by atoms with van der Waals surface area (Å²) in [6.45, 7) is 3.48. The number of thioether (sulfide) groups is 1. The van der Waals surface area contributed by atoms with Gasteiger partial charge in [0.15, 0.2) is 11.2 Å². The molecule has 1 unspecified atom stereocenters. The van der Waals surface area contributed by atoms with Crippen molar-refractivity contribution in [1.29, 1.82) is 0 Å². The van der Waals surface area contributed by atoms with Crippen LogP contribution < -0.4 is 10.6 Å². The Morgan fingerprint density at radius 1 is 1.17 bits per heavy atom. The topological polar surface area (TPSA) is 157 Å². The van der Waals surface area contributed by atoms with Gasteiger partial charge in [-0.1, -0.05) is 25.6 Å². The van der Waals surface area contributed by atoms with E-state index in [0.717, 1.165) is 11.8 Å². The number of hydrogen-bond donors (Lipinski definition) is 3. The smallest absolute Gasteiger partial charge is 0.469 e. The number of rotatable bonds is 10. The van der Waals surface area contributed by atoms with E-state index in [1.807, 2.05) is 0 Å². The number of esters is 1. The molecule has 1 saturated heterocycles. The van der Waals surface area contributed by atoms with Crippen LogP contribution >= 0.6 is 19.6 Å². The Balaban J connectivity index is 2.21. The molecule has 2 amide bonds. The second-order valence-corrected chi connectivity index (χ2v) is 9.46. The summed E-state index contributed by atoms with van der Waals surface area (Å²) in [5.74, 6) is -1.03. The van der Waals surface area contributed by atoms with Crippen LogP contribution in [0.4, 0.5) is 0 Å². The predicted molar refractivity (Wildman–Crippen MR) is 104 cm³/mol. The Morgan fingerprint density at radius 3 is 2.52 bits per heavy atom. The van der Waals surface area contributed by atoms with Crippen LogP contribution in [0.1, 0.15) is 33.1 Å². The van der Waals surface area contributed by atoms with Gasteiger partial charge in [0.25, 0.3) is 0 Å². The number of amides is 2. The van der Waals surface area contributed by atoms with E-state index in [4.69, 9.17) is 9.05 Å². The van der Waals surface area contributed by atoms with E-state index in [2.05, 4.69) is 15.4 Å². The zero-order valence-corrected chi connectivity index (χ0v) is 18.3. The fourth-order valence-corrected chi connectivity index (χ4v) is 4.13. The van der Waals surface area contributed by atoms with Crippen LogP contribution in [-0.4, -0.2) is 66.5 Å². The van der Waals surface area contributed by atoms with Crippen molar-refractivity contribution >= 4 is 42.5 Å². The minimum Gasteiger partial charge on any atom is -0.469 e. The van der Waals surface area contributed by atoms with Crippen molar-refractivity contribution in [2.75, 3.05) is 32.6 Å². The number of hydrogen-bond acceptors (Lipinski definition) is 9. The molecule has 3 N–H and O–H groups in total. The molecule has 0 aromatic rings. The van der Waals surface area contributed by atoms with Gasteiger partial charge in [-0.2, -0.15) is 0 Å². The Bertz CT molecular complexity index is 671. The van der Waals surface area contributed by atoms with Crippen LogP contribution in [0.5, 0.6) is 0 Å². The number of phosphoric ester groups is 1. The van der Waals surface area contributed by atoms with E-state index in [1.165, 1.54) is 7.11 Å². The Kier molecular flexibility index (Phi) is 10.3. The minimum atomic E-state index is -4.26. The normalized spacial score (nSPS) is 23.1. The molecule has 1 aliphatic rings. The molecule has 0 aromatic carbocycles. The molecule has 1 heterocycles. The average molecular weight is 454 g/mol. The van der Waals surface area contributed by atoms with E-state index in [0.29, 0.717) is 5.75 Å². The number of ether oxygens (including phenoxy) is 1. The first-order valence-electron chi connectivity index (χ1n) is 8.89. The first-order valence-corrected chi connectivity index (χ1v) is 11.4. The van der Waals surface area contributed by atoms with Crippen LogP contribution in [0, 0.1) is 5.41 Å². The molecule has 1 aliphatic heterocycles. The van der Waals surface area contributed by atoms with Crippen LogP contribution in [0.3, 0.4) is 0 Å². The van der Waals surface area contributed by atoms with E-state index in [-0.39, 0.29) is 50.0 Å². The third-order valence-corrected chi connectivity index (χ3v) is 5.75. The van der Waals surface area contributed by atoms with E-state index < -0.39 is 31.2 Å². The highest BCUT2D eigenvalue weighted by Gasteiger charge is 2.47. The summed E-state index contributed by atoms with van der Waals surface area (Å²) in [6, 6.07) is 0. The first kappa shape index (κ1) is 25.6. The third kappa shape index (κ3) is 9.72.